The first-order valence-electron chi connectivity index (χ1n) is 7.32. The highest BCUT2D eigenvalue weighted by Gasteiger charge is 2.25. The van der Waals surface area contributed by atoms with Gasteiger partial charge in [-0.2, -0.15) is 0 Å². The lowest BCUT2D eigenvalue weighted by atomic mass is 10.0. The number of esters is 1. The van der Waals surface area contributed by atoms with Crippen molar-refractivity contribution in [2.24, 2.45) is 0 Å². The van der Waals surface area contributed by atoms with Crippen molar-refractivity contribution in [1.82, 2.24) is 4.98 Å². The minimum Gasteiger partial charge on any atom is -0.508 e. The van der Waals surface area contributed by atoms with Gasteiger partial charge in [0.15, 0.2) is 0 Å². The number of ether oxygens (including phenoxy) is 1. The van der Waals surface area contributed by atoms with Crippen molar-refractivity contribution in [2.45, 2.75) is 20.8 Å². The molecule has 0 aliphatic carbocycles. The number of aromatic hydroxyl groups is 1. The number of thiazole rings is 1. The number of rotatable bonds is 3. The molecule has 0 bridgehead atoms. The van der Waals surface area contributed by atoms with E-state index in [0.717, 1.165) is 5.01 Å². The van der Waals surface area contributed by atoms with Gasteiger partial charge in [-0.15, -0.1) is 11.3 Å². The first-order chi connectivity index (χ1) is 11.4. The molecule has 0 atom stereocenters. The maximum atomic E-state index is 13.0. The average molecular weight is 345 g/mol. The van der Waals surface area contributed by atoms with E-state index in [2.05, 4.69) is 4.98 Å². The largest absolute Gasteiger partial charge is 0.508 e. The van der Waals surface area contributed by atoms with Crippen LogP contribution < -0.4 is 5.43 Å². The summed E-state index contributed by atoms with van der Waals surface area (Å²) < 4.78 is 10.6. The number of hydrogen-bond donors (Lipinski definition) is 1. The zero-order valence-corrected chi connectivity index (χ0v) is 14.2. The van der Waals surface area contributed by atoms with Crippen LogP contribution in [0.25, 0.3) is 22.2 Å². The van der Waals surface area contributed by atoms with Crippen LogP contribution in [0.3, 0.4) is 0 Å². The van der Waals surface area contributed by atoms with Gasteiger partial charge in [-0.05, 0) is 32.4 Å². The zero-order chi connectivity index (χ0) is 17.4. The molecule has 2 aromatic heterocycles. The van der Waals surface area contributed by atoms with Crippen LogP contribution in [-0.2, 0) is 4.74 Å². The highest BCUT2D eigenvalue weighted by Crippen LogP contribution is 2.29. The lowest BCUT2D eigenvalue weighted by Crippen LogP contribution is -2.15. The van der Waals surface area contributed by atoms with Crippen LogP contribution in [0.1, 0.15) is 28.0 Å². The maximum absolute atomic E-state index is 13.0. The molecule has 0 amide bonds. The Balaban J connectivity index is 2.42. The fourth-order valence-electron chi connectivity index (χ4n) is 2.55. The molecule has 1 N–H and O–H groups in total. The van der Waals surface area contributed by atoms with Gasteiger partial charge >= 0.3 is 5.97 Å². The smallest absolute Gasteiger partial charge is 0.375 e. The van der Waals surface area contributed by atoms with Crippen LogP contribution >= 0.6 is 11.3 Å². The Bertz CT molecular complexity index is 1000. The Morgan fingerprint density at radius 2 is 2.12 bits per heavy atom. The second-order valence-electron chi connectivity index (χ2n) is 5.24. The van der Waals surface area contributed by atoms with Gasteiger partial charge in [-0.3, -0.25) is 4.79 Å². The summed E-state index contributed by atoms with van der Waals surface area (Å²) in [5.74, 6) is -0.988. The molecule has 24 heavy (non-hydrogen) atoms. The molecule has 3 aromatic rings. The summed E-state index contributed by atoms with van der Waals surface area (Å²) in [6, 6.07) is 2.78. The van der Waals surface area contributed by atoms with Crippen LogP contribution in [-0.4, -0.2) is 22.7 Å². The highest BCUT2D eigenvalue weighted by atomic mass is 32.1. The van der Waals surface area contributed by atoms with Crippen LogP contribution in [0.5, 0.6) is 5.75 Å². The van der Waals surface area contributed by atoms with Gasteiger partial charge in [0.2, 0.25) is 11.2 Å². The number of phenols is 1. The Kier molecular flexibility index (Phi) is 4.11. The molecular weight excluding hydrogens is 330 g/mol. The molecule has 0 saturated carbocycles. The number of hydrogen-bond acceptors (Lipinski definition) is 7. The fourth-order valence-corrected chi connectivity index (χ4v) is 3.15. The van der Waals surface area contributed by atoms with Gasteiger partial charge in [-0.1, -0.05) is 0 Å². The molecule has 2 heterocycles. The van der Waals surface area contributed by atoms with Gasteiger partial charge in [0, 0.05) is 11.4 Å². The molecule has 0 spiro atoms. The molecule has 1 aromatic carbocycles. The van der Waals surface area contributed by atoms with Crippen molar-refractivity contribution in [2.75, 3.05) is 6.61 Å². The third-order valence-corrected chi connectivity index (χ3v) is 4.29. The first-order valence-corrected chi connectivity index (χ1v) is 8.20. The molecule has 3 rings (SSSR count). The molecule has 7 heteroatoms. The molecule has 0 radical (unpaired) electrons. The van der Waals surface area contributed by atoms with E-state index in [1.807, 2.05) is 6.92 Å². The number of aromatic nitrogens is 1. The lowest BCUT2D eigenvalue weighted by molar-refractivity contribution is 0.0492. The molecule has 0 unspecified atom stereocenters. The number of carbonyl (C=O) groups is 1. The minimum absolute atomic E-state index is 0.0461. The average Bonchev–Trinajstić information content (AvgIpc) is 2.92. The van der Waals surface area contributed by atoms with E-state index in [-0.39, 0.29) is 34.7 Å². The third-order valence-electron chi connectivity index (χ3n) is 3.51. The molecular formula is C17H15NO5S. The molecule has 0 fully saturated rings. The van der Waals surface area contributed by atoms with Gasteiger partial charge in [0.1, 0.15) is 11.3 Å². The van der Waals surface area contributed by atoms with E-state index in [1.54, 1.807) is 19.2 Å². The second kappa shape index (κ2) is 6.09. The Hall–Kier alpha value is -2.67. The Morgan fingerprint density at radius 3 is 2.75 bits per heavy atom. The number of aryl methyl sites for hydroxylation is 2. The predicted molar refractivity (Wildman–Crippen MR) is 90.7 cm³/mol. The predicted octanol–water partition coefficient (Wildman–Crippen LogP) is 3.42. The highest BCUT2D eigenvalue weighted by molar-refractivity contribution is 7.09. The number of phenolic OH excluding ortho intramolecular Hbond substituents is 1. The van der Waals surface area contributed by atoms with E-state index in [1.165, 1.54) is 23.5 Å². The molecule has 0 saturated heterocycles. The van der Waals surface area contributed by atoms with Crippen molar-refractivity contribution in [1.29, 1.82) is 0 Å². The zero-order valence-electron chi connectivity index (χ0n) is 13.4. The fraction of sp³-hybridized carbons (Fsp3) is 0.235. The summed E-state index contributed by atoms with van der Waals surface area (Å²) in [6.45, 7) is 5.32. The molecule has 0 aliphatic heterocycles. The summed E-state index contributed by atoms with van der Waals surface area (Å²) in [4.78, 5) is 29.6. The van der Waals surface area contributed by atoms with E-state index in [4.69, 9.17) is 9.15 Å². The quantitative estimate of drug-likeness (QED) is 0.732. The third kappa shape index (κ3) is 2.67. The normalized spacial score (nSPS) is 11.0. The molecule has 6 nitrogen and oxygen atoms in total. The molecule has 0 aliphatic rings. The Labute approximate surface area is 141 Å². The van der Waals surface area contributed by atoms with Crippen molar-refractivity contribution in [3.63, 3.8) is 0 Å². The van der Waals surface area contributed by atoms with Crippen LogP contribution in [0.2, 0.25) is 0 Å². The van der Waals surface area contributed by atoms with Crippen molar-refractivity contribution in [3.8, 4) is 17.0 Å². The number of fused-ring (bicyclic) bond motifs is 1. The first kappa shape index (κ1) is 16.2. The maximum Gasteiger partial charge on any atom is 0.375 e. The van der Waals surface area contributed by atoms with Gasteiger partial charge < -0.3 is 14.3 Å². The van der Waals surface area contributed by atoms with E-state index < -0.39 is 5.97 Å². The van der Waals surface area contributed by atoms with Gasteiger partial charge in [0.25, 0.3) is 0 Å². The van der Waals surface area contributed by atoms with Crippen LogP contribution in [0, 0.1) is 13.8 Å². The van der Waals surface area contributed by atoms with E-state index in [9.17, 15) is 14.7 Å². The van der Waals surface area contributed by atoms with E-state index >= 15 is 0 Å². The standard InChI is InChI=1S/C17H15NO5S/c1-4-22-17(21)16-14(11-7-24-9(3)18-11)15(20)13-8(2)5-10(19)6-12(13)23-16/h5-7,19H,4H2,1-3H3. The topological polar surface area (TPSA) is 89.6 Å². The van der Waals surface area contributed by atoms with Gasteiger partial charge in [-0.25, -0.2) is 9.78 Å². The van der Waals surface area contributed by atoms with Gasteiger partial charge in [0.05, 0.1) is 28.3 Å². The minimum atomic E-state index is -0.738. The molecule has 124 valence electrons. The summed E-state index contributed by atoms with van der Waals surface area (Å²) in [7, 11) is 0. The van der Waals surface area contributed by atoms with Crippen molar-refractivity contribution >= 4 is 28.3 Å². The van der Waals surface area contributed by atoms with Crippen molar-refractivity contribution in [3.05, 3.63) is 44.1 Å². The second-order valence-corrected chi connectivity index (χ2v) is 6.31. The van der Waals surface area contributed by atoms with Crippen LogP contribution in [0.15, 0.2) is 26.7 Å². The summed E-state index contributed by atoms with van der Waals surface area (Å²) in [5.41, 5.74) is 0.781. The number of benzene rings is 1. The summed E-state index contributed by atoms with van der Waals surface area (Å²) in [6.07, 6.45) is 0. The number of nitrogens with zero attached hydrogens (tertiary/aromatic N) is 1. The Morgan fingerprint density at radius 1 is 1.38 bits per heavy atom. The van der Waals surface area contributed by atoms with E-state index in [0.29, 0.717) is 16.6 Å². The monoisotopic (exact) mass is 345 g/mol. The number of carbonyl (C=O) groups excluding carboxylic acids is 1. The summed E-state index contributed by atoms with van der Waals surface area (Å²) in [5, 5.41) is 12.5. The summed E-state index contributed by atoms with van der Waals surface area (Å²) >= 11 is 1.37. The van der Waals surface area contributed by atoms with Crippen molar-refractivity contribution < 1.29 is 19.1 Å². The SMILES string of the molecule is CCOC(=O)c1oc2cc(O)cc(C)c2c(=O)c1-c1csc(C)n1. The lowest BCUT2D eigenvalue weighted by Gasteiger charge is -2.09. The van der Waals surface area contributed by atoms with Crippen LogP contribution in [0.4, 0.5) is 0 Å².